The first kappa shape index (κ1) is 17.8. The highest BCUT2D eigenvalue weighted by molar-refractivity contribution is 6.03. The molecule has 2 aromatic carbocycles. The fourth-order valence-electron chi connectivity index (χ4n) is 3.31. The summed E-state index contributed by atoms with van der Waals surface area (Å²) >= 11 is 0. The average Bonchev–Trinajstić information content (AvgIpc) is 3.17. The Labute approximate surface area is 161 Å². The van der Waals surface area contributed by atoms with Crippen molar-refractivity contribution in [3.05, 3.63) is 76.0 Å². The van der Waals surface area contributed by atoms with Gasteiger partial charge in [0.2, 0.25) is 0 Å². The lowest BCUT2D eigenvalue weighted by molar-refractivity contribution is 0.102. The minimum absolute atomic E-state index is 0.106. The van der Waals surface area contributed by atoms with Crippen LogP contribution in [0.4, 0.5) is 5.69 Å². The van der Waals surface area contributed by atoms with E-state index in [-0.39, 0.29) is 11.6 Å². The van der Waals surface area contributed by atoms with E-state index in [1.54, 1.807) is 46.1 Å². The normalized spacial score (nSPS) is 11.1. The van der Waals surface area contributed by atoms with Gasteiger partial charge in [-0.3, -0.25) is 13.9 Å². The van der Waals surface area contributed by atoms with Gasteiger partial charge in [-0.05, 0) is 50.2 Å². The molecule has 0 saturated heterocycles. The van der Waals surface area contributed by atoms with Gasteiger partial charge in [0.05, 0.1) is 16.7 Å². The SMILES string of the molecule is Cc1ccc(-n2nc(C(=O)Nc3ccc4c(c3)n(C)c(=O)n4C)cc2C)cc1. The van der Waals surface area contributed by atoms with Crippen molar-refractivity contribution >= 4 is 22.6 Å². The molecule has 0 atom stereocenters. The maximum atomic E-state index is 12.7. The van der Waals surface area contributed by atoms with Crippen LogP contribution in [0.25, 0.3) is 16.7 Å². The smallest absolute Gasteiger partial charge is 0.321 e. The molecule has 0 unspecified atom stereocenters. The fourth-order valence-corrected chi connectivity index (χ4v) is 3.31. The molecule has 4 aromatic rings. The van der Waals surface area contributed by atoms with E-state index in [1.165, 1.54) is 0 Å². The lowest BCUT2D eigenvalue weighted by Crippen LogP contribution is -2.19. The van der Waals surface area contributed by atoms with Gasteiger partial charge in [0.15, 0.2) is 5.69 Å². The molecule has 7 nitrogen and oxygen atoms in total. The molecule has 0 aliphatic rings. The summed E-state index contributed by atoms with van der Waals surface area (Å²) in [5.74, 6) is -0.297. The summed E-state index contributed by atoms with van der Waals surface area (Å²) in [6.07, 6.45) is 0. The molecule has 7 heteroatoms. The van der Waals surface area contributed by atoms with Crippen LogP contribution in [0.3, 0.4) is 0 Å². The van der Waals surface area contributed by atoms with Crippen molar-refractivity contribution in [2.75, 3.05) is 5.32 Å². The maximum Gasteiger partial charge on any atom is 0.328 e. The molecule has 0 spiro atoms. The fraction of sp³-hybridized carbons (Fsp3) is 0.190. The summed E-state index contributed by atoms with van der Waals surface area (Å²) < 4.78 is 4.88. The molecular weight excluding hydrogens is 354 g/mol. The second-order valence-corrected chi connectivity index (χ2v) is 6.98. The number of carbonyl (C=O) groups is 1. The zero-order chi connectivity index (χ0) is 20.0. The first-order valence-electron chi connectivity index (χ1n) is 8.95. The first-order chi connectivity index (χ1) is 13.3. The van der Waals surface area contributed by atoms with Gasteiger partial charge < -0.3 is 5.32 Å². The van der Waals surface area contributed by atoms with Gasteiger partial charge in [0, 0.05) is 25.5 Å². The molecule has 142 valence electrons. The summed E-state index contributed by atoms with van der Waals surface area (Å²) in [5.41, 5.74) is 5.35. The lowest BCUT2D eigenvalue weighted by atomic mass is 10.2. The number of benzene rings is 2. The van der Waals surface area contributed by atoms with E-state index in [0.29, 0.717) is 11.4 Å². The third-order valence-corrected chi connectivity index (χ3v) is 4.93. The number of rotatable bonds is 3. The average molecular weight is 375 g/mol. The number of anilines is 1. The summed E-state index contributed by atoms with van der Waals surface area (Å²) in [6, 6.07) is 15.1. The Kier molecular flexibility index (Phi) is 4.15. The Hall–Kier alpha value is -3.61. The first-order valence-corrected chi connectivity index (χ1v) is 8.95. The number of hydrogen-bond acceptors (Lipinski definition) is 3. The number of nitrogens with zero attached hydrogens (tertiary/aromatic N) is 4. The number of amides is 1. The Morgan fingerprint density at radius 3 is 2.32 bits per heavy atom. The van der Waals surface area contributed by atoms with Crippen molar-refractivity contribution in [3.8, 4) is 5.69 Å². The van der Waals surface area contributed by atoms with Crippen LogP contribution in [0.5, 0.6) is 0 Å². The quantitative estimate of drug-likeness (QED) is 0.598. The topological polar surface area (TPSA) is 73.8 Å². The van der Waals surface area contributed by atoms with Crippen LogP contribution in [0.15, 0.2) is 53.3 Å². The zero-order valence-corrected chi connectivity index (χ0v) is 16.2. The van der Waals surface area contributed by atoms with E-state index < -0.39 is 0 Å². The van der Waals surface area contributed by atoms with E-state index in [9.17, 15) is 9.59 Å². The van der Waals surface area contributed by atoms with Gasteiger partial charge >= 0.3 is 5.69 Å². The van der Waals surface area contributed by atoms with Gasteiger partial charge in [-0.15, -0.1) is 0 Å². The number of nitrogens with one attached hydrogen (secondary N) is 1. The Morgan fingerprint density at radius 1 is 0.929 bits per heavy atom. The summed E-state index contributed by atoms with van der Waals surface area (Å²) in [5, 5.41) is 7.32. The number of fused-ring (bicyclic) bond motifs is 1. The van der Waals surface area contributed by atoms with Crippen LogP contribution in [0.2, 0.25) is 0 Å². The van der Waals surface area contributed by atoms with Crippen LogP contribution >= 0.6 is 0 Å². The van der Waals surface area contributed by atoms with E-state index in [1.807, 2.05) is 44.2 Å². The minimum Gasteiger partial charge on any atom is -0.321 e. The van der Waals surface area contributed by atoms with Crippen LogP contribution < -0.4 is 11.0 Å². The molecule has 0 aliphatic carbocycles. The monoisotopic (exact) mass is 375 g/mol. The highest BCUT2D eigenvalue weighted by Crippen LogP contribution is 2.19. The Bertz CT molecular complexity index is 1260. The molecule has 1 N–H and O–H groups in total. The molecule has 0 fully saturated rings. The maximum absolute atomic E-state index is 12.7. The Balaban J connectivity index is 1.63. The molecule has 4 rings (SSSR count). The molecule has 2 heterocycles. The summed E-state index contributed by atoms with van der Waals surface area (Å²) in [4.78, 5) is 24.8. The van der Waals surface area contributed by atoms with E-state index in [2.05, 4.69) is 10.4 Å². The molecule has 0 aliphatic heterocycles. The van der Waals surface area contributed by atoms with Crippen molar-refractivity contribution in [1.82, 2.24) is 18.9 Å². The largest absolute Gasteiger partial charge is 0.328 e. The Morgan fingerprint density at radius 2 is 1.61 bits per heavy atom. The number of hydrogen-bond donors (Lipinski definition) is 1. The van der Waals surface area contributed by atoms with Crippen LogP contribution in [0, 0.1) is 13.8 Å². The van der Waals surface area contributed by atoms with E-state index in [4.69, 9.17) is 0 Å². The highest BCUT2D eigenvalue weighted by Gasteiger charge is 2.15. The molecule has 0 radical (unpaired) electrons. The van der Waals surface area contributed by atoms with Crippen LogP contribution in [-0.2, 0) is 14.1 Å². The van der Waals surface area contributed by atoms with Gasteiger partial charge in [-0.2, -0.15) is 5.10 Å². The molecule has 28 heavy (non-hydrogen) atoms. The number of imidazole rings is 1. The lowest BCUT2D eigenvalue weighted by Gasteiger charge is -2.05. The number of aromatic nitrogens is 4. The minimum atomic E-state index is -0.297. The van der Waals surface area contributed by atoms with E-state index in [0.717, 1.165) is 28.0 Å². The third-order valence-electron chi connectivity index (χ3n) is 4.93. The standard InChI is InChI=1S/C21H21N5O2/c1-13-5-8-16(9-6-13)26-14(2)11-17(23-26)20(27)22-15-7-10-18-19(12-15)25(4)21(28)24(18)3/h5-12H,1-4H3,(H,22,27). The predicted molar refractivity (Wildman–Crippen MR) is 109 cm³/mol. The molecule has 0 bridgehead atoms. The van der Waals surface area contributed by atoms with E-state index >= 15 is 0 Å². The van der Waals surface area contributed by atoms with Crippen LogP contribution in [-0.4, -0.2) is 24.8 Å². The molecule has 0 saturated carbocycles. The van der Waals surface area contributed by atoms with Crippen molar-refractivity contribution in [1.29, 1.82) is 0 Å². The molecule has 2 aromatic heterocycles. The predicted octanol–water partition coefficient (Wildman–Crippen LogP) is 2.93. The second-order valence-electron chi connectivity index (χ2n) is 6.98. The highest BCUT2D eigenvalue weighted by atomic mass is 16.2. The van der Waals surface area contributed by atoms with Crippen molar-refractivity contribution in [2.24, 2.45) is 14.1 Å². The van der Waals surface area contributed by atoms with Crippen molar-refractivity contribution in [3.63, 3.8) is 0 Å². The summed E-state index contributed by atoms with van der Waals surface area (Å²) in [7, 11) is 3.44. The van der Waals surface area contributed by atoms with Crippen molar-refractivity contribution in [2.45, 2.75) is 13.8 Å². The van der Waals surface area contributed by atoms with Gasteiger partial charge in [-0.1, -0.05) is 17.7 Å². The third kappa shape index (κ3) is 2.90. The van der Waals surface area contributed by atoms with Gasteiger partial charge in [-0.25, -0.2) is 9.48 Å². The molecular formula is C21H21N5O2. The summed E-state index contributed by atoms with van der Waals surface area (Å²) in [6.45, 7) is 3.94. The van der Waals surface area contributed by atoms with Gasteiger partial charge in [0.1, 0.15) is 0 Å². The molecule has 1 amide bonds. The van der Waals surface area contributed by atoms with Gasteiger partial charge in [0.25, 0.3) is 5.91 Å². The zero-order valence-electron chi connectivity index (χ0n) is 16.2. The van der Waals surface area contributed by atoms with Crippen molar-refractivity contribution < 1.29 is 4.79 Å². The number of aryl methyl sites for hydroxylation is 4. The second kappa shape index (κ2) is 6.53. The van der Waals surface area contributed by atoms with Crippen LogP contribution in [0.1, 0.15) is 21.7 Å². The number of carbonyl (C=O) groups excluding carboxylic acids is 1.